The predicted octanol–water partition coefficient (Wildman–Crippen LogP) is 1.50. The highest BCUT2D eigenvalue weighted by atomic mass is 32.2. The molecule has 0 saturated carbocycles. The molecule has 0 aromatic heterocycles. The van der Waals surface area contributed by atoms with Crippen LogP contribution in [-0.4, -0.2) is 33.1 Å². The monoisotopic (exact) mass is 286 g/mol. The number of benzene rings is 1. The predicted molar refractivity (Wildman–Crippen MR) is 73.0 cm³/mol. The molecular formula is C12H18N2O4S. The van der Waals surface area contributed by atoms with Gasteiger partial charge in [0, 0.05) is 12.2 Å². The Bertz CT molecular complexity index is 555. The van der Waals surface area contributed by atoms with Gasteiger partial charge in [-0.15, -0.1) is 0 Å². The lowest BCUT2D eigenvalue weighted by molar-refractivity contribution is 0.0697. The molecule has 19 heavy (non-hydrogen) atoms. The summed E-state index contributed by atoms with van der Waals surface area (Å²) in [5, 5.41) is 12.1. The molecule has 0 unspecified atom stereocenters. The van der Waals surface area contributed by atoms with E-state index in [4.69, 9.17) is 5.11 Å². The van der Waals surface area contributed by atoms with E-state index in [1.165, 1.54) is 19.2 Å². The molecule has 106 valence electrons. The number of unbranched alkanes of at least 4 members (excludes halogenated alkanes) is 1. The average Bonchev–Trinajstić information content (AvgIpc) is 2.39. The first-order valence-electron chi connectivity index (χ1n) is 5.97. The zero-order valence-electron chi connectivity index (χ0n) is 10.9. The second-order valence-corrected chi connectivity index (χ2v) is 5.89. The Morgan fingerprint density at radius 2 is 2.05 bits per heavy atom. The number of sulfonamides is 1. The molecule has 0 spiro atoms. The number of anilines is 1. The van der Waals surface area contributed by atoms with Crippen LogP contribution in [0.1, 0.15) is 30.1 Å². The van der Waals surface area contributed by atoms with Gasteiger partial charge in [-0.3, -0.25) is 0 Å². The molecule has 1 aromatic rings. The van der Waals surface area contributed by atoms with Crippen molar-refractivity contribution in [1.82, 2.24) is 4.72 Å². The number of carboxylic acids is 1. The molecule has 0 saturated heterocycles. The molecule has 1 rings (SSSR count). The molecular weight excluding hydrogens is 268 g/mol. The Labute approximate surface area is 112 Å². The van der Waals surface area contributed by atoms with Crippen molar-refractivity contribution in [2.45, 2.75) is 24.7 Å². The van der Waals surface area contributed by atoms with Gasteiger partial charge in [-0.25, -0.2) is 17.9 Å². The maximum Gasteiger partial charge on any atom is 0.337 e. The van der Waals surface area contributed by atoms with Crippen LogP contribution < -0.4 is 10.0 Å². The highest BCUT2D eigenvalue weighted by Gasteiger charge is 2.17. The first-order valence-corrected chi connectivity index (χ1v) is 7.45. The van der Waals surface area contributed by atoms with Crippen LogP contribution in [-0.2, 0) is 10.0 Å². The third-order valence-electron chi connectivity index (χ3n) is 2.65. The number of hydrogen-bond donors (Lipinski definition) is 3. The largest absolute Gasteiger partial charge is 0.478 e. The molecule has 0 atom stereocenters. The molecule has 7 heteroatoms. The second-order valence-electron chi connectivity index (χ2n) is 4.00. The normalized spacial score (nSPS) is 11.3. The quantitative estimate of drug-likeness (QED) is 0.660. The summed E-state index contributed by atoms with van der Waals surface area (Å²) in [6.07, 6.45) is 1.90. The van der Waals surface area contributed by atoms with Crippen LogP contribution in [0.5, 0.6) is 0 Å². The van der Waals surface area contributed by atoms with E-state index in [0.29, 0.717) is 12.2 Å². The zero-order chi connectivity index (χ0) is 14.5. The van der Waals surface area contributed by atoms with Gasteiger partial charge < -0.3 is 10.4 Å². The Balaban J connectivity index is 3.12. The smallest absolute Gasteiger partial charge is 0.337 e. The van der Waals surface area contributed by atoms with Crippen LogP contribution >= 0.6 is 0 Å². The van der Waals surface area contributed by atoms with Crippen molar-refractivity contribution in [3.63, 3.8) is 0 Å². The fourth-order valence-corrected chi connectivity index (χ4v) is 2.30. The van der Waals surface area contributed by atoms with Crippen molar-refractivity contribution < 1.29 is 18.3 Å². The van der Waals surface area contributed by atoms with E-state index in [1.54, 1.807) is 0 Å². The van der Waals surface area contributed by atoms with Crippen molar-refractivity contribution in [3.8, 4) is 0 Å². The van der Waals surface area contributed by atoms with Gasteiger partial charge in [-0.05, 0) is 31.7 Å². The Morgan fingerprint density at radius 3 is 2.58 bits per heavy atom. The van der Waals surface area contributed by atoms with Gasteiger partial charge >= 0.3 is 5.97 Å². The summed E-state index contributed by atoms with van der Waals surface area (Å²) in [5.41, 5.74) is 0.378. The van der Waals surface area contributed by atoms with E-state index in [9.17, 15) is 13.2 Å². The van der Waals surface area contributed by atoms with Gasteiger partial charge in [-0.2, -0.15) is 0 Å². The first-order chi connectivity index (χ1) is 8.92. The lowest BCUT2D eigenvalue weighted by atomic mass is 10.1. The lowest BCUT2D eigenvalue weighted by Crippen LogP contribution is -2.19. The van der Waals surface area contributed by atoms with Gasteiger partial charge in [0.15, 0.2) is 0 Å². The van der Waals surface area contributed by atoms with Gasteiger partial charge in [-0.1, -0.05) is 13.3 Å². The topological polar surface area (TPSA) is 95.5 Å². The molecule has 0 radical (unpaired) electrons. The van der Waals surface area contributed by atoms with Crippen molar-refractivity contribution in [2.24, 2.45) is 0 Å². The van der Waals surface area contributed by atoms with Crippen molar-refractivity contribution in [1.29, 1.82) is 0 Å². The number of rotatable bonds is 7. The fraction of sp³-hybridized carbons (Fsp3) is 0.417. The van der Waals surface area contributed by atoms with Gasteiger partial charge in [0.2, 0.25) is 10.0 Å². The summed E-state index contributed by atoms with van der Waals surface area (Å²) >= 11 is 0. The SMILES string of the molecule is CCCCNc1ccc(S(=O)(=O)NC)cc1C(=O)O. The van der Waals surface area contributed by atoms with Crippen molar-refractivity contribution >= 4 is 21.7 Å². The molecule has 0 aliphatic heterocycles. The minimum Gasteiger partial charge on any atom is -0.478 e. The Kier molecular flexibility index (Phi) is 5.31. The number of nitrogens with one attached hydrogen (secondary N) is 2. The van der Waals surface area contributed by atoms with Gasteiger partial charge in [0.25, 0.3) is 0 Å². The number of aromatic carboxylic acids is 1. The van der Waals surface area contributed by atoms with Crippen LogP contribution in [0.2, 0.25) is 0 Å². The van der Waals surface area contributed by atoms with Crippen LogP contribution in [0, 0.1) is 0 Å². The first kappa shape index (κ1) is 15.5. The summed E-state index contributed by atoms with van der Waals surface area (Å²) in [4.78, 5) is 11.1. The molecule has 0 aliphatic rings. The maximum atomic E-state index is 11.6. The molecule has 3 N–H and O–H groups in total. The molecule has 0 fully saturated rings. The van der Waals surface area contributed by atoms with Crippen molar-refractivity contribution in [2.75, 3.05) is 18.9 Å². The average molecular weight is 286 g/mol. The third-order valence-corrected chi connectivity index (χ3v) is 4.06. The van der Waals surface area contributed by atoms with Gasteiger partial charge in [0.05, 0.1) is 10.5 Å². The van der Waals surface area contributed by atoms with Crippen LogP contribution in [0.25, 0.3) is 0 Å². The minimum atomic E-state index is -3.64. The summed E-state index contributed by atoms with van der Waals surface area (Å²) in [6, 6.07) is 4.01. The fourth-order valence-electron chi connectivity index (χ4n) is 1.54. The third kappa shape index (κ3) is 3.93. The lowest BCUT2D eigenvalue weighted by Gasteiger charge is -2.11. The summed E-state index contributed by atoms with van der Waals surface area (Å²) in [5.74, 6) is -1.16. The van der Waals surface area contributed by atoms with Crippen molar-refractivity contribution in [3.05, 3.63) is 23.8 Å². The standard InChI is InChI=1S/C12H18N2O4S/c1-3-4-7-14-11-6-5-9(19(17,18)13-2)8-10(11)12(15)16/h5-6,8,13-14H,3-4,7H2,1-2H3,(H,15,16). The van der Waals surface area contributed by atoms with E-state index in [0.717, 1.165) is 18.9 Å². The molecule has 6 nitrogen and oxygen atoms in total. The molecule has 1 aromatic carbocycles. The van der Waals surface area contributed by atoms with E-state index < -0.39 is 16.0 Å². The van der Waals surface area contributed by atoms with E-state index in [-0.39, 0.29) is 10.5 Å². The van der Waals surface area contributed by atoms with Gasteiger partial charge in [0.1, 0.15) is 0 Å². The number of carboxylic acid groups (broad SMARTS) is 1. The second kappa shape index (κ2) is 6.53. The minimum absolute atomic E-state index is 0.0487. The number of carbonyl (C=O) groups is 1. The highest BCUT2D eigenvalue weighted by Crippen LogP contribution is 2.20. The summed E-state index contributed by atoms with van der Waals surface area (Å²) < 4.78 is 25.4. The van der Waals surface area contributed by atoms with E-state index in [1.807, 2.05) is 6.92 Å². The van der Waals surface area contributed by atoms with Crippen LogP contribution in [0.4, 0.5) is 5.69 Å². The zero-order valence-corrected chi connectivity index (χ0v) is 11.8. The van der Waals surface area contributed by atoms with E-state index >= 15 is 0 Å². The van der Waals surface area contributed by atoms with Crippen LogP contribution in [0.15, 0.2) is 23.1 Å². The Morgan fingerprint density at radius 1 is 1.37 bits per heavy atom. The molecule has 0 aliphatic carbocycles. The van der Waals surface area contributed by atoms with Crippen LogP contribution in [0.3, 0.4) is 0 Å². The molecule has 0 amide bonds. The summed E-state index contributed by atoms with van der Waals surface area (Å²) in [7, 11) is -2.36. The molecule has 0 heterocycles. The maximum absolute atomic E-state index is 11.6. The number of hydrogen-bond acceptors (Lipinski definition) is 4. The summed E-state index contributed by atoms with van der Waals surface area (Å²) in [6.45, 7) is 2.68. The molecule has 0 bridgehead atoms. The highest BCUT2D eigenvalue weighted by molar-refractivity contribution is 7.89. The van der Waals surface area contributed by atoms with E-state index in [2.05, 4.69) is 10.0 Å². The Hall–Kier alpha value is -1.60.